The predicted molar refractivity (Wildman–Crippen MR) is 39.7 cm³/mol. The van der Waals surface area contributed by atoms with Gasteiger partial charge in [-0.05, 0) is 15.9 Å². The fraction of sp³-hybridized carbons (Fsp3) is 0.167. The molecule has 12 heavy (non-hydrogen) atoms. The number of halogens is 4. The number of nitrogens with one attached hydrogen (secondary N) is 1. The molecule has 0 aliphatic carbocycles. The van der Waals surface area contributed by atoms with Gasteiger partial charge in [0.15, 0.2) is 0 Å². The first-order valence-electron chi connectivity index (χ1n) is 2.88. The largest absolute Gasteiger partial charge is 0.298 e. The Hall–Kier alpha value is -0.780. The molecule has 0 saturated heterocycles. The Balaban J connectivity index is 3.38. The van der Waals surface area contributed by atoms with Crippen molar-refractivity contribution in [3.05, 3.63) is 32.4 Å². The topological polar surface area (TPSA) is 32.9 Å². The zero-order chi connectivity index (χ0) is 9.30. The minimum atomic E-state index is -2.95. The quantitative estimate of drug-likeness (QED) is 0.752. The van der Waals surface area contributed by atoms with E-state index in [-0.39, 0.29) is 4.47 Å². The molecule has 0 bridgehead atoms. The summed E-state index contributed by atoms with van der Waals surface area (Å²) in [5.74, 6) is -1.30. The second-order valence-electron chi connectivity index (χ2n) is 2.01. The van der Waals surface area contributed by atoms with Gasteiger partial charge in [-0.15, -0.1) is 0 Å². The van der Waals surface area contributed by atoms with Crippen LogP contribution in [0, 0.1) is 5.95 Å². The second kappa shape index (κ2) is 3.30. The van der Waals surface area contributed by atoms with Crippen molar-refractivity contribution in [1.29, 1.82) is 0 Å². The molecule has 2 nitrogen and oxygen atoms in total. The van der Waals surface area contributed by atoms with Crippen LogP contribution in [0.1, 0.15) is 12.0 Å². The van der Waals surface area contributed by atoms with E-state index in [9.17, 15) is 18.0 Å². The van der Waals surface area contributed by atoms with Gasteiger partial charge in [0, 0.05) is 10.5 Å². The highest BCUT2D eigenvalue weighted by Gasteiger charge is 2.18. The Kier molecular flexibility index (Phi) is 2.56. The normalized spacial score (nSPS) is 10.8. The molecule has 1 aromatic rings. The molecule has 0 atom stereocenters. The van der Waals surface area contributed by atoms with Crippen LogP contribution in [-0.2, 0) is 0 Å². The standard InChI is InChI=1S/C6H3BrF3NO/c7-2-1-3(12)11-6(10)4(2)5(8)9/h1,5H,(H,11,12). The minimum Gasteiger partial charge on any atom is -0.298 e. The van der Waals surface area contributed by atoms with Crippen molar-refractivity contribution in [3.8, 4) is 0 Å². The summed E-state index contributed by atoms with van der Waals surface area (Å²) in [6, 6.07) is 0.852. The maximum atomic E-state index is 12.6. The molecule has 0 aromatic carbocycles. The van der Waals surface area contributed by atoms with Crippen LogP contribution < -0.4 is 5.56 Å². The van der Waals surface area contributed by atoms with Crippen molar-refractivity contribution in [1.82, 2.24) is 4.98 Å². The third-order valence-electron chi connectivity index (χ3n) is 1.20. The first kappa shape index (κ1) is 9.31. The highest BCUT2D eigenvalue weighted by molar-refractivity contribution is 9.10. The van der Waals surface area contributed by atoms with Gasteiger partial charge in [0.1, 0.15) is 0 Å². The zero-order valence-electron chi connectivity index (χ0n) is 5.57. The molecule has 0 fully saturated rings. The number of hydrogen-bond donors (Lipinski definition) is 1. The molecule has 0 saturated carbocycles. The number of pyridine rings is 1. The van der Waals surface area contributed by atoms with Crippen LogP contribution in [0.2, 0.25) is 0 Å². The Morgan fingerprint density at radius 2 is 2.08 bits per heavy atom. The number of aromatic nitrogens is 1. The van der Waals surface area contributed by atoms with E-state index >= 15 is 0 Å². The molecule has 0 aliphatic heterocycles. The van der Waals surface area contributed by atoms with Crippen LogP contribution in [0.3, 0.4) is 0 Å². The van der Waals surface area contributed by atoms with E-state index in [0.717, 1.165) is 6.07 Å². The predicted octanol–water partition coefficient (Wildman–Crippen LogP) is 2.21. The van der Waals surface area contributed by atoms with Crippen molar-refractivity contribution in [2.24, 2.45) is 0 Å². The average molecular weight is 242 g/mol. The number of hydrogen-bond acceptors (Lipinski definition) is 1. The molecule has 1 rings (SSSR count). The maximum Gasteiger partial charge on any atom is 0.269 e. The minimum absolute atomic E-state index is 0.223. The Morgan fingerprint density at radius 3 is 2.50 bits per heavy atom. The molecule has 0 spiro atoms. The molecular formula is C6H3BrF3NO. The molecule has 1 heterocycles. The first-order valence-corrected chi connectivity index (χ1v) is 3.68. The van der Waals surface area contributed by atoms with Crippen molar-refractivity contribution >= 4 is 15.9 Å². The van der Waals surface area contributed by atoms with Crippen LogP contribution >= 0.6 is 15.9 Å². The molecule has 1 aromatic heterocycles. The van der Waals surface area contributed by atoms with E-state index in [1.807, 2.05) is 0 Å². The molecule has 0 amide bonds. The van der Waals surface area contributed by atoms with Gasteiger partial charge in [-0.25, -0.2) is 8.78 Å². The molecule has 0 unspecified atom stereocenters. The van der Waals surface area contributed by atoms with Gasteiger partial charge in [-0.2, -0.15) is 4.39 Å². The molecule has 0 radical (unpaired) electrons. The molecule has 1 N–H and O–H groups in total. The van der Waals surface area contributed by atoms with E-state index in [1.54, 1.807) is 4.98 Å². The third kappa shape index (κ3) is 1.69. The van der Waals surface area contributed by atoms with E-state index < -0.39 is 23.5 Å². The third-order valence-corrected chi connectivity index (χ3v) is 1.86. The average Bonchev–Trinajstić information content (AvgIpc) is 1.82. The van der Waals surface area contributed by atoms with Crippen molar-refractivity contribution < 1.29 is 13.2 Å². The summed E-state index contributed by atoms with van der Waals surface area (Å²) in [5, 5.41) is 0. The lowest BCUT2D eigenvalue weighted by Crippen LogP contribution is -2.10. The highest BCUT2D eigenvalue weighted by atomic mass is 79.9. The second-order valence-corrected chi connectivity index (χ2v) is 2.86. The van der Waals surface area contributed by atoms with Gasteiger partial charge in [0.25, 0.3) is 12.0 Å². The van der Waals surface area contributed by atoms with Gasteiger partial charge in [-0.1, -0.05) is 0 Å². The van der Waals surface area contributed by atoms with Gasteiger partial charge < -0.3 is 0 Å². The van der Waals surface area contributed by atoms with Crippen LogP contribution in [0.5, 0.6) is 0 Å². The van der Waals surface area contributed by atoms with E-state index in [1.165, 1.54) is 0 Å². The highest BCUT2D eigenvalue weighted by Crippen LogP contribution is 2.27. The molecular weight excluding hydrogens is 239 g/mol. The van der Waals surface area contributed by atoms with Crippen molar-refractivity contribution in [2.75, 3.05) is 0 Å². The fourth-order valence-electron chi connectivity index (χ4n) is 0.709. The lowest BCUT2D eigenvalue weighted by Gasteiger charge is -2.02. The zero-order valence-corrected chi connectivity index (χ0v) is 7.16. The molecule has 6 heteroatoms. The lowest BCUT2D eigenvalue weighted by molar-refractivity contribution is 0.144. The summed E-state index contributed by atoms with van der Waals surface area (Å²) in [5.41, 5.74) is -1.58. The monoisotopic (exact) mass is 241 g/mol. The smallest absolute Gasteiger partial charge is 0.269 e. The fourth-order valence-corrected chi connectivity index (χ4v) is 1.26. The number of aromatic amines is 1. The van der Waals surface area contributed by atoms with Gasteiger partial charge in [0.2, 0.25) is 5.95 Å². The van der Waals surface area contributed by atoms with Gasteiger partial charge in [-0.3, -0.25) is 9.78 Å². The Bertz CT molecular complexity index is 323. The summed E-state index contributed by atoms with van der Waals surface area (Å²) in [6.07, 6.45) is -2.95. The first-order chi connectivity index (χ1) is 5.52. The van der Waals surface area contributed by atoms with Crippen LogP contribution in [0.15, 0.2) is 15.3 Å². The number of alkyl halides is 2. The Labute approximate surface area is 73.5 Å². The van der Waals surface area contributed by atoms with Crippen molar-refractivity contribution in [3.63, 3.8) is 0 Å². The molecule has 0 aliphatic rings. The van der Waals surface area contributed by atoms with Crippen LogP contribution in [0.4, 0.5) is 13.2 Å². The van der Waals surface area contributed by atoms with Gasteiger partial charge in [0.05, 0.1) is 5.56 Å². The van der Waals surface area contributed by atoms with E-state index in [4.69, 9.17) is 0 Å². The number of H-pyrrole nitrogens is 1. The molecule has 66 valence electrons. The summed E-state index contributed by atoms with van der Waals surface area (Å²) in [7, 11) is 0. The summed E-state index contributed by atoms with van der Waals surface area (Å²) in [6.45, 7) is 0. The van der Waals surface area contributed by atoms with E-state index in [0.29, 0.717) is 0 Å². The van der Waals surface area contributed by atoms with E-state index in [2.05, 4.69) is 15.9 Å². The van der Waals surface area contributed by atoms with Crippen molar-refractivity contribution in [2.45, 2.75) is 6.43 Å². The summed E-state index contributed by atoms with van der Waals surface area (Å²) < 4.78 is 36.4. The summed E-state index contributed by atoms with van der Waals surface area (Å²) in [4.78, 5) is 12.1. The Morgan fingerprint density at radius 1 is 1.50 bits per heavy atom. The SMILES string of the molecule is O=c1cc(Br)c(C(F)F)c(F)[nH]1. The van der Waals surface area contributed by atoms with Crippen LogP contribution in [-0.4, -0.2) is 4.98 Å². The maximum absolute atomic E-state index is 12.6. The van der Waals surface area contributed by atoms with Crippen LogP contribution in [0.25, 0.3) is 0 Å². The number of rotatable bonds is 1. The van der Waals surface area contributed by atoms with Gasteiger partial charge >= 0.3 is 0 Å². The lowest BCUT2D eigenvalue weighted by atomic mass is 10.3. The summed E-state index contributed by atoms with van der Waals surface area (Å²) >= 11 is 2.66.